The molecule has 0 atom stereocenters. The Labute approximate surface area is 120 Å². The summed E-state index contributed by atoms with van der Waals surface area (Å²) >= 11 is 5.94. The maximum atomic E-state index is 11.8. The first-order chi connectivity index (χ1) is 9.47. The van der Waals surface area contributed by atoms with Crippen LogP contribution in [0, 0.1) is 13.8 Å². The lowest BCUT2D eigenvalue weighted by Gasteiger charge is -2.08. The van der Waals surface area contributed by atoms with E-state index in [1.54, 1.807) is 32.0 Å². The van der Waals surface area contributed by atoms with Gasteiger partial charge in [-0.3, -0.25) is 14.9 Å². The molecule has 0 unspecified atom stereocenters. The Morgan fingerprint density at radius 1 is 1.20 bits per heavy atom. The van der Waals surface area contributed by atoms with Gasteiger partial charge < -0.3 is 9.84 Å². The zero-order valence-corrected chi connectivity index (χ0v) is 11.6. The molecule has 1 heterocycles. The summed E-state index contributed by atoms with van der Waals surface area (Å²) in [7, 11) is 0. The highest BCUT2D eigenvalue weighted by molar-refractivity contribution is 6.43. The maximum Gasteiger partial charge on any atom is 0.315 e. The molecule has 0 aliphatic carbocycles. The van der Waals surface area contributed by atoms with Crippen LogP contribution in [0.15, 0.2) is 28.8 Å². The fourth-order valence-corrected chi connectivity index (χ4v) is 1.69. The summed E-state index contributed by atoms with van der Waals surface area (Å²) in [5.41, 5.74) is 1.17. The number of carbonyl (C=O) groups is 2. The van der Waals surface area contributed by atoms with E-state index in [4.69, 9.17) is 16.1 Å². The smallest absolute Gasteiger partial charge is 0.315 e. The number of anilines is 2. The minimum Gasteiger partial charge on any atom is -0.360 e. The molecule has 0 aliphatic heterocycles. The van der Waals surface area contributed by atoms with Gasteiger partial charge in [0.25, 0.3) is 0 Å². The van der Waals surface area contributed by atoms with Crippen LogP contribution in [0.25, 0.3) is 0 Å². The SMILES string of the molecule is Cc1cc(NC(=O)C(=O)Nc2cccc(Cl)c2C)no1. The van der Waals surface area contributed by atoms with E-state index >= 15 is 0 Å². The predicted octanol–water partition coefficient (Wildman–Crippen LogP) is 2.52. The Balaban J connectivity index is 2.04. The molecule has 0 spiro atoms. The van der Waals surface area contributed by atoms with Crippen molar-refractivity contribution >= 4 is 34.9 Å². The van der Waals surface area contributed by atoms with Crippen molar-refractivity contribution in [3.63, 3.8) is 0 Å². The average Bonchev–Trinajstić information content (AvgIpc) is 2.80. The third-order valence-corrected chi connectivity index (χ3v) is 3.00. The van der Waals surface area contributed by atoms with Gasteiger partial charge in [-0.1, -0.05) is 22.8 Å². The third-order valence-electron chi connectivity index (χ3n) is 2.59. The van der Waals surface area contributed by atoms with Gasteiger partial charge in [-0.2, -0.15) is 0 Å². The highest BCUT2D eigenvalue weighted by atomic mass is 35.5. The van der Waals surface area contributed by atoms with Crippen LogP contribution in [-0.2, 0) is 9.59 Å². The van der Waals surface area contributed by atoms with Crippen LogP contribution in [-0.4, -0.2) is 17.0 Å². The third kappa shape index (κ3) is 3.16. The van der Waals surface area contributed by atoms with E-state index < -0.39 is 11.8 Å². The molecule has 7 heteroatoms. The summed E-state index contributed by atoms with van der Waals surface area (Å²) in [6, 6.07) is 6.55. The van der Waals surface area contributed by atoms with Crippen LogP contribution in [0.2, 0.25) is 5.02 Å². The number of nitrogens with zero attached hydrogens (tertiary/aromatic N) is 1. The van der Waals surface area contributed by atoms with Gasteiger partial charge >= 0.3 is 11.8 Å². The second-order valence-electron chi connectivity index (χ2n) is 4.14. The minimum atomic E-state index is -0.835. The zero-order chi connectivity index (χ0) is 14.7. The first-order valence-electron chi connectivity index (χ1n) is 5.78. The van der Waals surface area contributed by atoms with Crippen molar-refractivity contribution in [2.24, 2.45) is 0 Å². The van der Waals surface area contributed by atoms with Crippen molar-refractivity contribution in [2.75, 3.05) is 10.6 Å². The second-order valence-corrected chi connectivity index (χ2v) is 4.55. The standard InChI is InChI=1S/C13H12ClN3O3/c1-7-6-11(17-20-7)16-13(19)12(18)15-10-5-3-4-9(14)8(10)2/h3-6H,1-2H3,(H,15,18)(H,16,17,19). The summed E-state index contributed by atoms with van der Waals surface area (Å²) in [5, 5.41) is 8.89. The molecule has 0 saturated carbocycles. The number of hydrogen-bond donors (Lipinski definition) is 2. The van der Waals surface area contributed by atoms with Gasteiger partial charge in [0, 0.05) is 16.8 Å². The molecule has 6 nitrogen and oxygen atoms in total. The van der Waals surface area contributed by atoms with Crippen molar-refractivity contribution in [1.29, 1.82) is 0 Å². The van der Waals surface area contributed by atoms with Crippen LogP contribution < -0.4 is 10.6 Å². The molecule has 1 aromatic heterocycles. The Morgan fingerprint density at radius 3 is 2.55 bits per heavy atom. The second kappa shape index (κ2) is 5.75. The molecule has 2 rings (SSSR count). The summed E-state index contributed by atoms with van der Waals surface area (Å²) < 4.78 is 4.78. The van der Waals surface area contributed by atoms with Gasteiger partial charge in [-0.25, -0.2) is 0 Å². The van der Waals surface area contributed by atoms with Crippen LogP contribution in [0.5, 0.6) is 0 Å². The molecule has 1 aromatic carbocycles. The fraction of sp³-hybridized carbons (Fsp3) is 0.154. The minimum absolute atomic E-state index is 0.186. The van der Waals surface area contributed by atoms with E-state index in [0.717, 1.165) is 0 Å². The zero-order valence-electron chi connectivity index (χ0n) is 10.9. The number of amides is 2. The molecule has 0 fully saturated rings. The molecular formula is C13H12ClN3O3. The lowest BCUT2D eigenvalue weighted by Crippen LogP contribution is -2.29. The van der Waals surface area contributed by atoms with Crippen LogP contribution in [0.4, 0.5) is 11.5 Å². The van der Waals surface area contributed by atoms with Crippen molar-refractivity contribution in [3.05, 3.63) is 40.6 Å². The van der Waals surface area contributed by atoms with Crippen LogP contribution in [0.1, 0.15) is 11.3 Å². The van der Waals surface area contributed by atoms with E-state index in [1.165, 1.54) is 6.07 Å². The summed E-state index contributed by atoms with van der Waals surface area (Å²) in [6.45, 7) is 3.43. The number of hydrogen-bond acceptors (Lipinski definition) is 4. The largest absolute Gasteiger partial charge is 0.360 e. The van der Waals surface area contributed by atoms with Gasteiger partial charge in [0.1, 0.15) is 5.76 Å². The number of aromatic nitrogens is 1. The molecule has 20 heavy (non-hydrogen) atoms. The molecule has 2 N–H and O–H groups in total. The molecule has 0 radical (unpaired) electrons. The maximum absolute atomic E-state index is 11.8. The highest BCUT2D eigenvalue weighted by Gasteiger charge is 2.16. The lowest BCUT2D eigenvalue weighted by molar-refractivity contribution is -0.133. The number of rotatable bonds is 2. The van der Waals surface area contributed by atoms with Gasteiger partial charge in [0.2, 0.25) is 0 Å². The highest BCUT2D eigenvalue weighted by Crippen LogP contribution is 2.22. The van der Waals surface area contributed by atoms with Gasteiger partial charge in [0.15, 0.2) is 5.82 Å². The Morgan fingerprint density at radius 2 is 1.90 bits per heavy atom. The van der Waals surface area contributed by atoms with E-state index in [9.17, 15) is 9.59 Å². The van der Waals surface area contributed by atoms with Gasteiger partial charge in [-0.05, 0) is 31.5 Å². The molecule has 0 bridgehead atoms. The molecule has 2 amide bonds. The van der Waals surface area contributed by atoms with Crippen molar-refractivity contribution < 1.29 is 14.1 Å². The Bertz CT molecular complexity index is 667. The first kappa shape index (κ1) is 14.1. The van der Waals surface area contributed by atoms with Gasteiger partial charge in [-0.15, -0.1) is 0 Å². The topological polar surface area (TPSA) is 84.2 Å². The predicted molar refractivity (Wildman–Crippen MR) is 74.7 cm³/mol. The number of benzene rings is 1. The molecule has 0 saturated heterocycles. The van der Waals surface area contributed by atoms with E-state index in [0.29, 0.717) is 22.0 Å². The Kier molecular flexibility index (Phi) is 4.05. The van der Waals surface area contributed by atoms with E-state index in [1.807, 2.05) is 0 Å². The quantitative estimate of drug-likeness (QED) is 0.833. The molecule has 0 aliphatic rings. The monoisotopic (exact) mass is 293 g/mol. The summed E-state index contributed by atoms with van der Waals surface area (Å²) in [5.74, 6) is -0.925. The molecule has 2 aromatic rings. The van der Waals surface area contributed by atoms with Crippen LogP contribution >= 0.6 is 11.6 Å². The van der Waals surface area contributed by atoms with E-state index in [-0.39, 0.29) is 5.82 Å². The van der Waals surface area contributed by atoms with Crippen molar-refractivity contribution in [2.45, 2.75) is 13.8 Å². The molecule has 104 valence electrons. The normalized spacial score (nSPS) is 10.2. The summed E-state index contributed by atoms with van der Waals surface area (Å²) in [4.78, 5) is 23.4. The summed E-state index contributed by atoms with van der Waals surface area (Å²) in [6.07, 6.45) is 0. The first-order valence-corrected chi connectivity index (χ1v) is 6.16. The van der Waals surface area contributed by atoms with E-state index in [2.05, 4.69) is 15.8 Å². The number of nitrogens with one attached hydrogen (secondary N) is 2. The van der Waals surface area contributed by atoms with Crippen LogP contribution in [0.3, 0.4) is 0 Å². The van der Waals surface area contributed by atoms with Crippen molar-refractivity contribution in [1.82, 2.24) is 5.16 Å². The Hall–Kier alpha value is -2.34. The van der Waals surface area contributed by atoms with Crippen molar-refractivity contribution in [3.8, 4) is 0 Å². The number of aryl methyl sites for hydroxylation is 1. The van der Waals surface area contributed by atoms with Gasteiger partial charge in [0.05, 0.1) is 0 Å². The lowest BCUT2D eigenvalue weighted by atomic mass is 10.2. The average molecular weight is 294 g/mol. The number of halogens is 1. The number of carbonyl (C=O) groups excluding carboxylic acids is 2. The fourth-order valence-electron chi connectivity index (χ4n) is 1.52. The molecular weight excluding hydrogens is 282 g/mol.